The number of nitrogens with one attached hydrogen (secondary N) is 2. The molecule has 0 bridgehead atoms. The predicted octanol–water partition coefficient (Wildman–Crippen LogP) is 4.56. The maximum absolute atomic E-state index is 12.9. The second-order valence-electron chi connectivity index (χ2n) is 8.42. The maximum Gasteiger partial charge on any atom is 0.253 e. The fourth-order valence-corrected chi connectivity index (χ4v) is 4.02. The summed E-state index contributed by atoms with van der Waals surface area (Å²) >= 11 is 11.7. The van der Waals surface area contributed by atoms with E-state index in [-0.39, 0.29) is 22.8 Å². The molecule has 2 aromatic rings. The quantitative estimate of drug-likeness (QED) is 0.541. The Morgan fingerprint density at radius 1 is 1.09 bits per heavy atom. The minimum atomic E-state index is -0.157. The molecule has 0 radical (unpaired) electrons. The van der Waals surface area contributed by atoms with E-state index < -0.39 is 0 Å². The number of amides is 2. The molecular formula is C25H31ClN4O3S. The monoisotopic (exact) mass is 502 g/mol. The summed E-state index contributed by atoms with van der Waals surface area (Å²) in [4.78, 5) is 28.7. The van der Waals surface area contributed by atoms with Crippen molar-refractivity contribution in [1.29, 1.82) is 0 Å². The fraction of sp³-hybridized carbons (Fsp3) is 0.400. The number of carbonyl (C=O) groups excluding carboxylic acids is 2. The van der Waals surface area contributed by atoms with Gasteiger partial charge in [0.15, 0.2) is 5.11 Å². The Kier molecular flexibility index (Phi) is 9.12. The average Bonchev–Trinajstić information content (AvgIpc) is 2.82. The zero-order valence-electron chi connectivity index (χ0n) is 19.8. The van der Waals surface area contributed by atoms with Gasteiger partial charge in [0, 0.05) is 43.3 Å². The Labute approximate surface area is 211 Å². The normalized spacial score (nSPS) is 13.6. The second-order valence-corrected chi connectivity index (χ2v) is 9.23. The fourth-order valence-electron chi connectivity index (χ4n) is 3.51. The van der Waals surface area contributed by atoms with Crippen LogP contribution in [0.5, 0.6) is 5.75 Å². The van der Waals surface area contributed by atoms with Crippen LogP contribution in [0.4, 0.5) is 11.4 Å². The zero-order valence-corrected chi connectivity index (χ0v) is 21.3. The number of ether oxygens (including phenoxy) is 1. The molecule has 1 heterocycles. The molecule has 1 saturated heterocycles. The van der Waals surface area contributed by atoms with Gasteiger partial charge < -0.3 is 25.2 Å². The summed E-state index contributed by atoms with van der Waals surface area (Å²) in [5, 5.41) is 6.45. The Morgan fingerprint density at radius 2 is 1.76 bits per heavy atom. The third kappa shape index (κ3) is 6.84. The number of thiocarbonyl (C=S) groups is 1. The zero-order chi connectivity index (χ0) is 24.7. The van der Waals surface area contributed by atoms with E-state index in [0.29, 0.717) is 49.1 Å². The van der Waals surface area contributed by atoms with Crippen molar-refractivity contribution in [3.63, 3.8) is 0 Å². The van der Waals surface area contributed by atoms with Gasteiger partial charge in [-0.15, -0.1) is 0 Å². The summed E-state index contributed by atoms with van der Waals surface area (Å²) < 4.78 is 5.59. The van der Waals surface area contributed by atoms with Crippen molar-refractivity contribution in [1.82, 2.24) is 10.2 Å². The first-order valence-electron chi connectivity index (χ1n) is 11.5. The van der Waals surface area contributed by atoms with Crippen LogP contribution in [-0.4, -0.2) is 54.6 Å². The molecule has 0 aliphatic carbocycles. The molecule has 1 aliphatic rings. The topological polar surface area (TPSA) is 73.9 Å². The summed E-state index contributed by atoms with van der Waals surface area (Å²) in [6, 6.07) is 12.9. The van der Waals surface area contributed by atoms with E-state index >= 15 is 0 Å². The molecule has 0 unspecified atom stereocenters. The third-order valence-corrected chi connectivity index (χ3v) is 5.96. The largest absolute Gasteiger partial charge is 0.494 e. The number of benzene rings is 2. The van der Waals surface area contributed by atoms with Crippen LogP contribution in [0.1, 0.15) is 37.6 Å². The highest BCUT2D eigenvalue weighted by Crippen LogP contribution is 2.30. The highest BCUT2D eigenvalue weighted by Gasteiger charge is 2.23. The number of hydrogen-bond donors (Lipinski definition) is 2. The number of carbonyl (C=O) groups is 2. The summed E-state index contributed by atoms with van der Waals surface area (Å²) in [7, 11) is 0. The van der Waals surface area contributed by atoms with Crippen LogP contribution in [0.25, 0.3) is 0 Å². The van der Waals surface area contributed by atoms with Gasteiger partial charge in [0.05, 0.1) is 17.3 Å². The third-order valence-electron chi connectivity index (χ3n) is 5.45. The summed E-state index contributed by atoms with van der Waals surface area (Å²) in [6.07, 6.45) is 0.943. The molecular weight excluding hydrogens is 472 g/mol. The van der Waals surface area contributed by atoms with Crippen LogP contribution < -0.4 is 20.3 Å². The molecule has 7 nitrogen and oxygen atoms in total. The lowest BCUT2D eigenvalue weighted by Crippen LogP contribution is -2.48. The van der Waals surface area contributed by atoms with Gasteiger partial charge in [-0.3, -0.25) is 9.59 Å². The van der Waals surface area contributed by atoms with E-state index in [1.54, 1.807) is 19.9 Å². The number of piperazine rings is 1. The van der Waals surface area contributed by atoms with Crippen LogP contribution in [0, 0.1) is 5.92 Å². The molecule has 1 aliphatic heterocycles. The van der Waals surface area contributed by atoms with Gasteiger partial charge >= 0.3 is 0 Å². The predicted molar refractivity (Wildman–Crippen MR) is 141 cm³/mol. The minimum Gasteiger partial charge on any atom is -0.494 e. The van der Waals surface area contributed by atoms with Gasteiger partial charge in [-0.25, -0.2) is 0 Å². The number of nitrogens with zero attached hydrogens (tertiary/aromatic N) is 2. The first kappa shape index (κ1) is 25.8. The van der Waals surface area contributed by atoms with Gasteiger partial charge in [0.2, 0.25) is 5.91 Å². The maximum atomic E-state index is 12.9. The van der Waals surface area contributed by atoms with E-state index in [9.17, 15) is 9.59 Å². The molecule has 9 heteroatoms. The highest BCUT2D eigenvalue weighted by molar-refractivity contribution is 7.80. The Bertz CT molecular complexity index is 1020. The first-order chi connectivity index (χ1) is 16.3. The Morgan fingerprint density at radius 3 is 2.35 bits per heavy atom. The molecule has 2 aromatic carbocycles. The average molecular weight is 503 g/mol. The molecule has 0 spiro atoms. The number of anilines is 2. The van der Waals surface area contributed by atoms with Crippen molar-refractivity contribution in [3.05, 3.63) is 53.1 Å². The van der Waals surface area contributed by atoms with Crippen molar-refractivity contribution < 1.29 is 14.3 Å². The molecule has 2 N–H and O–H groups in total. The molecule has 0 aromatic heterocycles. The van der Waals surface area contributed by atoms with E-state index in [0.717, 1.165) is 17.9 Å². The SMILES string of the molecule is CCCOc1ccc(C(=O)N2CCN(c3ccc(NC(=S)NC(=O)C(C)C)cc3Cl)CC2)cc1. The van der Waals surface area contributed by atoms with E-state index in [1.807, 2.05) is 41.3 Å². The van der Waals surface area contributed by atoms with Crippen molar-refractivity contribution in [3.8, 4) is 5.75 Å². The van der Waals surface area contributed by atoms with Gasteiger partial charge in [-0.05, 0) is 61.1 Å². The van der Waals surface area contributed by atoms with Crippen molar-refractivity contribution in [2.75, 3.05) is 43.0 Å². The van der Waals surface area contributed by atoms with Crippen molar-refractivity contribution in [2.45, 2.75) is 27.2 Å². The second kappa shape index (κ2) is 12.0. The minimum absolute atomic E-state index is 0.0179. The molecule has 182 valence electrons. The molecule has 3 rings (SSSR count). The number of hydrogen-bond acceptors (Lipinski definition) is 5. The molecule has 34 heavy (non-hydrogen) atoms. The lowest BCUT2D eigenvalue weighted by molar-refractivity contribution is -0.122. The van der Waals surface area contributed by atoms with Crippen molar-refractivity contribution >= 4 is 52.1 Å². The standard InChI is InChI=1S/C25H31ClN4O3S/c1-4-15-33-20-8-5-18(6-9-20)24(32)30-13-11-29(12-14-30)22-10-7-19(16-21(22)26)27-25(34)28-23(31)17(2)3/h5-10,16-17H,4,11-15H2,1-3H3,(H2,27,28,31,34). The molecule has 1 fully saturated rings. The summed E-state index contributed by atoms with van der Waals surface area (Å²) in [5.74, 6) is 0.493. The molecule has 0 saturated carbocycles. The molecule has 2 amide bonds. The molecule has 0 atom stereocenters. The number of rotatable bonds is 7. The van der Waals surface area contributed by atoms with Crippen LogP contribution >= 0.6 is 23.8 Å². The lowest BCUT2D eigenvalue weighted by Gasteiger charge is -2.36. The summed E-state index contributed by atoms with van der Waals surface area (Å²) in [6.45, 7) is 8.89. The van der Waals surface area contributed by atoms with Crippen LogP contribution in [0.2, 0.25) is 5.02 Å². The number of halogens is 1. The van der Waals surface area contributed by atoms with Gasteiger partial charge in [-0.2, -0.15) is 0 Å². The van der Waals surface area contributed by atoms with Crippen molar-refractivity contribution in [2.24, 2.45) is 5.92 Å². The Hall–Kier alpha value is -2.84. The van der Waals surface area contributed by atoms with Crippen LogP contribution in [0.3, 0.4) is 0 Å². The first-order valence-corrected chi connectivity index (χ1v) is 12.3. The Balaban J connectivity index is 1.54. The lowest BCUT2D eigenvalue weighted by atomic mass is 10.1. The van der Waals surface area contributed by atoms with E-state index in [2.05, 4.69) is 22.5 Å². The highest BCUT2D eigenvalue weighted by atomic mass is 35.5. The van der Waals surface area contributed by atoms with Gasteiger partial charge in [0.1, 0.15) is 5.75 Å². The van der Waals surface area contributed by atoms with Crippen LogP contribution in [-0.2, 0) is 4.79 Å². The van der Waals surface area contributed by atoms with Crippen LogP contribution in [0.15, 0.2) is 42.5 Å². The smallest absolute Gasteiger partial charge is 0.253 e. The van der Waals surface area contributed by atoms with E-state index in [1.165, 1.54) is 0 Å². The van der Waals surface area contributed by atoms with Gasteiger partial charge in [-0.1, -0.05) is 32.4 Å². The summed E-state index contributed by atoms with van der Waals surface area (Å²) in [5.41, 5.74) is 2.25. The van der Waals surface area contributed by atoms with Gasteiger partial charge in [0.25, 0.3) is 5.91 Å². The van der Waals surface area contributed by atoms with E-state index in [4.69, 9.17) is 28.6 Å².